The van der Waals surface area contributed by atoms with Crippen LogP contribution in [0.1, 0.15) is 43.6 Å². The van der Waals surface area contributed by atoms with Gasteiger partial charge in [-0.2, -0.15) is 0 Å². The summed E-state index contributed by atoms with van der Waals surface area (Å²) in [5.41, 5.74) is 11.9. The molecular weight excluding hydrogens is 466 g/mol. The average Bonchev–Trinajstić information content (AvgIpc) is 2.78. The molecule has 11 nitrogen and oxygen atoms in total. The van der Waals surface area contributed by atoms with Gasteiger partial charge in [-0.3, -0.25) is 4.79 Å². The molecule has 6 N–H and O–H groups in total. The summed E-state index contributed by atoms with van der Waals surface area (Å²) >= 11 is 0. The maximum atomic E-state index is 12.7. The van der Waals surface area contributed by atoms with E-state index in [0.29, 0.717) is 28.3 Å². The summed E-state index contributed by atoms with van der Waals surface area (Å²) in [6.07, 6.45) is -0.665. The number of anilines is 1. The molecule has 36 heavy (non-hydrogen) atoms. The number of esters is 1. The molecular formula is C25H33N5O6. The van der Waals surface area contributed by atoms with Crippen molar-refractivity contribution in [3.05, 3.63) is 53.6 Å². The van der Waals surface area contributed by atoms with E-state index in [2.05, 4.69) is 15.6 Å². The number of methoxy groups -OCH3 is 1. The van der Waals surface area contributed by atoms with Gasteiger partial charge in [-0.1, -0.05) is 12.1 Å². The first-order chi connectivity index (χ1) is 16.9. The smallest absolute Gasteiger partial charge is 0.408 e. The van der Waals surface area contributed by atoms with Gasteiger partial charge in [0.15, 0.2) is 5.96 Å². The summed E-state index contributed by atoms with van der Waals surface area (Å²) in [5, 5.41) is 5.34. The van der Waals surface area contributed by atoms with Crippen LogP contribution in [0.25, 0.3) is 0 Å². The highest BCUT2D eigenvalue weighted by Gasteiger charge is 2.27. The number of carbonyl (C=O) groups is 3. The van der Waals surface area contributed by atoms with Gasteiger partial charge in [-0.15, -0.1) is 0 Å². The van der Waals surface area contributed by atoms with E-state index in [-0.39, 0.29) is 24.9 Å². The predicted octanol–water partition coefficient (Wildman–Crippen LogP) is 2.85. The monoisotopic (exact) mass is 499 g/mol. The van der Waals surface area contributed by atoms with Crippen molar-refractivity contribution in [2.75, 3.05) is 19.0 Å². The minimum absolute atomic E-state index is 0.0794. The minimum Gasteiger partial charge on any atom is -0.496 e. The maximum Gasteiger partial charge on any atom is 0.408 e. The van der Waals surface area contributed by atoms with Crippen LogP contribution in [0, 0.1) is 0 Å². The first-order valence-electron chi connectivity index (χ1n) is 11.3. The highest BCUT2D eigenvalue weighted by Crippen LogP contribution is 2.26. The van der Waals surface area contributed by atoms with Gasteiger partial charge in [-0.25, -0.2) is 14.6 Å². The zero-order valence-electron chi connectivity index (χ0n) is 21.1. The van der Waals surface area contributed by atoms with E-state index in [0.717, 1.165) is 0 Å². The van der Waals surface area contributed by atoms with Crippen LogP contribution in [0.15, 0.2) is 47.5 Å². The summed E-state index contributed by atoms with van der Waals surface area (Å²) in [7, 11) is 1.46. The van der Waals surface area contributed by atoms with Gasteiger partial charge in [-0.05, 0) is 57.5 Å². The number of nitrogens with one attached hydrogen (secondary N) is 2. The molecule has 2 aromatic carbocycles. The molecule has 0 aromatic heterocycles. The summed E-state index contributed by atoms with van der Waals surface area (Å²) in [4.78, 5) is 41.4. The molecule has 0 fully saturated rings. The molecule has 0 saturated carbocycles. The molecule has 1 atom stereocenters. The average molecular weight is 500 g/mol. The van der Waals surface area contributed by atoms with Crippen LogP contribution in [0.5, 0.6) is 5.75 Å². The molecule has 0 heterocycles. The minimum atomic E-state index is -1.01. The van der Waals surface area contributed by atoms with Crippen LogP contribution in [-0.4, -0.2) is 49.3 Å². The van der Waals surface area contributed by atoms with Gasteiger partial charge in [0.1, 0.15) is 17.4 Å². The van der Waals surface area contributed by atoms with Crippen LogP contribution in [-0.2, 0) is 20.7 Å². The van der Waals surface area contributed by atoms with E-state index < -0.39 is 23.7 Å². The Bertz CT molecular complexity index is 1120. The number of amides is 2. The van der Waals surface area contributed by atoms with Crippen molar-refractivity contribution in [1.82, 2.24) is 5.32 Å². The van der Waals surface area contributed by atoms with Crippen LogP contribution in [0.3, 0.4) is 0 Å². The lowest BCUT2D eigenvalue weighted by Crippen LogP contribution is -2.45. The Hall–Kier alpha value is -4.28. The van der Waals surface area contributed by atoms with Crippen LogP contribution in [0.4, 0.5) is 16.2 Å². The fourth-order valence-corrected chi connectivity index (χ4v) is 3.17. The van der Waals surface area contributed by atoms with Gasteiger partial charge in [0, 0.05) is 23.7 Å². The maximum absolute atomic E-state index is 12.7. The van der Waals surface area contributed by atoms with Crippen molar-refractivity contribution < 1.29 is 28.6 Å². The number of alkyl carbamates (subject to hydrolysis) is 1. The van der Waals surface area contributed by atoms with Gasteiger partial charge in [0.05, 0.1) is 19.4 Å². The Morgan fingerprint density at radius 1 is 1.08 bits per heavy atom. The lowest BCUT2D eigenvalue weighted by Gasteiger charge is -2.23. The largest absolute Gasteiger partial charge is 0.496 e. The second-order valence-electron chi connectivity index (χ2n) is 8.72. The number of guanidine groups is 1. The third-order valence-corrected chi connectivity index (χ3v) is 4.60. The van der Waals surface area contributed by atoms with Crippen LogP contribution < -0.4 is 26.8 Å². The number of ether oxygens (including phenoxy) is 3. The van der Waals surface area contributed by atoms with E-state index in [9.17, 15) is 14.4 Å². The van der Waals surface area contributed by atoms with E-state index in [1.54, 1.807) is 70.2 Å². The standard InChI is InChI=1S/C25H33N5O6/c1-6-35-22(32)19(30-24(33)36-25(2,3)4)13-15-10-11-18(14-20(15)34-5)28-21(31)16-8-7-9-17(12-16)29-23(26)27/h7-12,14,19H,6,13H2,1-5H3,(H,28,31)(H,30,33)(H4,26,27,29). The number of hydrogen-bond acceptors (Lipinski definition) is 7. The second kappa shape index (κ2) is 12.4. The quantitative estimate of drug-likeness (QED) is 0.232. The summed E-state index contributed by atoms with van der Waals surface area (Å²) in [6.45, 7) is 6.99. The van der Waals surface area contributed by atoms with E-state index in [1.165, 1.54) is 7.11 Å². The Balaban J connectivity index is 2.21. The van der Waals surface area contributed by atoms with Crippen LogP contribution >= 0.6 is 0 Å². The molecule has 0 aliphatic rings. The summed E-state index contributed by atoms with van der Waals surface area (Å²) in [5.74, 6) is -0.700. The van der Waals surface area contributed by atoms with Crippen molar-refractivity contribution >= 4 is 35.3 Å². The molecule has 1 unspecified atom stereocenters. The van der Waals surface area contributed by atoms with Crippen molar-refractivity contribution in [2.24, 2.45) is 16.5 Å². The lowest BCUT2D eigenvalue weighted by molar-refractivity contribution is -0.145. The van der Waals surface area contributed by atoms with Crippen LogP contribution in [0.2, 0.25) is 0 Å². The Morgan fingerprint density at radius 3 is 2.42 bits per heavy atom. The fourth-order valence-electron chi connectivity index (χ4n) is 3.17. The Labute approximate surface area is 210 Å². The van der Waals surface area contributed by atoms with E-state index >= 15 is 0 Å². The first kappa shape index (κ1) is 28.0. The number of hydrogen-bond donors (Lipinski definition) is 4. The Kier molecular flexibility index (Phi) is 9.66. The van der Waals surface area contributed by atoms with Gasteiger partial charge < -0.3 is 36.3 Å². The topological polar surface area (TPSA) is 167 Å². The van der Waals surface area contributed by atoms with Crippen molar-refractivity contribution in [3.63, 3.8) is 0 Å². The molecule has 2 rings (SSSR count). The number of carbonyl (C=O) groups excluding carboxylic acids is 3. The molecule has 0 aliphatic heterocycles. The number of benzene rings is 2. The second-order valence-corrected chi connectivity index (χ2v) is 8.72. The molecule has 0 bridgehead atoms. The zero-order chi connectivity index (χ0) is 26.9. The normalized spacial score (nSPS) is 11.6. The molecule has 11 heteroatoms. The molecule has 0 spiro atoms. The predicted molar refractivity (Wildman–Crippen MR) is 136 cm³/mol. The molecule has 0 aliphatic carbocycles. The summed E-state index contributed by atoms with van der Waals surface area (Å²) in [6, 6.07) is 10.5. The molecule has 2 amide bonds. The number of nitrogens with zero attached hydrogens (tertiary/aromatic N) is 1. The molecule has 0 saturated heterocycles. The Morgan fingerprint density at radius 2 is 1.81 bits per heavy atom. The SMILES string of the molecule is CCOC(=O)C(Cc1ccc(NC(=O)c2cccc(N=C(N)N)c2)cc1OC)NC(=O)OC(C)(C)C. The van der Waals surface area contributed by atoms with Gasteiger partial charge >= 0.3 is 12.1 Å². The fraction of sp³-hybridized carbons (Fsp3) is 0.360. The zero-order valence-corrected chi connectivity index (χ0v) is 21.1. The highest BCUT2D eigenvalue weighted by molar-refractivity contribution is 6.05. The van der Waals surface area contributed by atoms with Gasteiger partial charge in [0.25, 0.3) is 5.91 Å². The molecule has 2 aromatic rings. The number of aliphatic imine (C=N–C) groups is 1. The lowest BCUT2D eigenvalue weighted by atomic mass is 10.0. The number of nitrogens with two attached hydrogens (primary N) is 2. The van der Waals surface area contributed by atoms with E-state index in [4.69, 9.17) is 25.7 Å². The van der Waals surface area contributed by atoms with Crippen molar-refractivity contribution in [3.8, 4) is 5.75 Å². The summed E-state index contributed by atoms with van der Waals surface area (Å²) < 4.78 is 15.8. The highest BCUT2D eigenvalue weighted by atomic mass is 16.6. The van der Waals surface area contributed by atoms with Crippen molar-refractivity contribution in [1.29, 1.82) is 0 Å². The molecule has 194 valence electrons. The van der Waals surface area contributed by atoms with Gasteiger partial charge in [0.2, 0.25) is 0 Å². The first-order valence-corrected chi connectivity index (χ1v) is 11.3. The third-order valence-electron chi connectivity index (χ3n) is 4.60. The van der Waals surface area contributed by atoms with E-state index in [1.807, 2.05) is 0 Å². The number of rotatable bonds is 9. The third kappa shape index (κ3) is 8.82. The molecule has 0 radical (unpaired) electrons. The van der Waals surface area contributed by atoms with Crippen molar-refractivity contribution in [2.45, 2.75) is 45.8 Å².